The van der Waals surface area contributed by atoms with Crippen LogP contribution >= 0.6 is 23.4 Å². The van der Waals surface area contributed by atoms with Crippen molar-refractivity contribution < 1.29 is 14.3 Å². The van der Waals surface area contributed by atoms with Gasteiger partial charge in [-0.05, 0) is 45.0 Å². The van der Waals surface area contributed by atoms with E-state index in [4.69, 9.17) is 21.1 Å². The van der Waals surface area contributed by atoms with Crippen molar-refractivity contribution in [2.45, 2.75) is 36.2 Å². The lowest BCUT2D eigenvalue weighted by Crippen LogP contribution is -2.27. The highest BCUT2D eigenvalue weighted by molar-refractivity contribution is 7.99. The molecule has 1 N–H and O–H groups in total. The first-order valence-electron chi connectivity index (χ1n) is 7.11. The summed E-state index contributed by atoms with van der Waals surface area (Å²) >= 11 is 7.68. The van der Waals surface area contributed by atoms with Gasteiger partial charge in [0.05, 0.1) is 20.5 Å². The molecule has 2 aromatic rings. The maximum atomic E-state index is 12.0. The van der Waals surface area contributed by atoms with E-state index in [1.807, 2.05) is 51.1 Å². The Kier molecular flexibility index (Phi) is 4.17. The summed E-state index contributed by atoms with van der Waals surface area (Å²) in [6.07, 6.45) is -0.497. The number of halogens is 1. The lowest BCUT2D eigenvalue weighted by molar-refractivity contribution is 0.0635. The van der Waals surface area contributed by atoms with E-state index in [2.05, 4.69) is 5.32 Å². The van der Waals surface area contributed by atoms with Gasteiger partial charge in [0, 0.05) is 0 Å². The predicted molar refractivity (Wildman–Crippen MR) is 91.9 cm³/mol. The summed E-state index contributed by atoms with van der Waals surface area (Å²) in [5.41, 5.74) is 0.0928. The van der Waals surface area contributed by atoms with Crippen molar-refractivity contribution >= 4 is 35.1 Å². The van der Waals surface area contributed by atoms with E-state index in [1.165, 1.54) is 11.8 Å². The van der Waals surface area contributed by atoms with Gasteiger partial charge in [-0.3, -0.25) is 5.32 Å². The van der Waals surface area contributed by atoms with Gasteiger partial charge >= 0.3 is 6.09 Å². The van der Waals surface area contributed by atoms with Crippen molar-refractivity contribution in [3.05, 3.63) is 41.4 Å². The molecule has 0 spiro atoms. The maximum absolute atomic E-state index is 12.0. The minimum Gasteiger partial charge on any atom is -0.453 e. The number of benzene rings is 2. The van der Waals surface area contributed by atoms with Crippen LogP contribution in [0.4, 0.5) is 10.5 Å². The molecule has 4 nitrogen and oxygen atoms in total. The summed E-state index contributed by atoms with van der Waals surface area (Å²) in [7, 11) is 0. The molecule has 0 unspecified atom stereocenters. The Morgan fingerprint density at radius 1 is 1.22 bits per heavy atom. The van der Waals surface area contributed by atoms with Gasteiger partial charge in [0.15, 0.2) is 5.75 Å². The number of ether oxygens (including phenoxy) is 2. The molecule has 3 rings (SSSR count). The minimum absolute atomic E-state index is 0.497. The van der Waals surface area contributed by atoms with E-state index >= 15 is 0 Å². The summed E-state index contributed by atoms with van der Waals surface area (Å²) in [6.45, 7) is 5.47. The number of carbonyl (C=O) groups is 1. The van der Waals surface area contributed by atoms with Crippen LogP contribution in [-0.2, 0) is 4.74 Å². The van der Waals surface area contributed by atoms with Crippen LogP contribution < -0.4 is 10.1 Å². The predicted octanol–water partition coefficient (Wildman–Crippen LogP) is 5.94. The number of anilines is 1. The Morgan fingerprint density at radius 2 is 1.96 bits per heavy atom. The highest BCUT2D eigenvalue weighted by atomic mass is 35.5. The Morgan fingerprint density at radius 3 is 2.70 bits per heavy atom. The van der Waals surface area contributed by atoms with E-state index < -0.39 is 11.7 Å². The van der Waals surface area contributed by atoms with Gasteiger partial charge in [-0.2, -0.15) is 0 Å². The molecule has 6 heteroatoms. The van der Waals surface area contributed by atoms with E-state index in [0.29, 0.717) is 22.2 Å². The lowest BCUT2D eigenvalue weighted by Gasteiger charge is -2.24. The first kappa shape index (κ1) is 16.0. The average molecular weight is 350 g/mol. The number of nitrogens with one attached hydrogen (secondary N) is 1. The fourth-order valence-electron chi connectivity index (χ4n) is 2.10. The van der Waals surface area contributed by atoms with Crippen LogP contribution in [0.3, 0.4) is 0 Å². The monoisotopic (exact) mass is 349 g/mol. The lowest BCUT2D eigenvalue weighted by atomic mass is 10.2. The van der Waals surface area contributed by atoms with Gasteiger partial charge in [-0.25, -0.2) is 4.79 Å². The van der Waals surface area contributed by atoms with Crippen molar-refractivity contribution in [2.24, 2.45) is 0 Å². The van der Waals surface area contributed by atoms with Crippen molar-refractivity contribution in [1.82, 2.24) is 0 Å². The molecule has 0 bridgehead atoms. The Labute approximate surface area is 144 Å². The van der Waals surface area contributed by atoms with Crippen LogP contribution in [0.15, 0.2) is 46.2 Å². The van der Waals surface area contributed by atoms with Crippen molar-refractivity contribution in [1.29, 1.82) is 0 Å². The van der Waals surface area contributed by atoms with Crippen molar-refractivity contribution in [3.63, 3.8) is 0 Å². The molecule has 23 heavy (non-hydrogen) atoms. The van der Waals surface area contributed by atoms with Gasteiger partial charge in [-0.15, -0.1) is 0 Å². The topological polar surface area (TPSA) is 47.6 Å². The number of para-hydroxylation sites is 1. The second-order valence-electron chi connectivity index (χ2n) is 6.03. The van der Waals surface area contributed by atoms with Crippen LogP contribution in [-0.4, -0.2) is 11.7 Å². The standard InChI is InChI=1S/C17H16ClNO3S/c1-17(2,3)22-16(20)19-11-7-5-8-12-15(11)23-13-9-4-6-10(18)14(13)21-12/h4-9H,1-3H3,(H,19,20). The zero-order valence-electron chi connectivity index (χ0n) is 13.0. The average Bonchev–Trinajstić information content (AvgIpc) is 2.45. The zero-order valence-corrected chi connectivity index (χ0v) is 14.5. The highest BCUT2D eigenvalue weighted by Gasteiger charge is 2.24. The van der Waals surface area contributed by atoms with Crippen LogP contribution in [0.2, 0.25) is 5.02 Å². The van der Waals surface area contributed by atoms with Crippen LogP contribution in [0.1, 0.15) is 20.8 Å². The zero-order chi connectivity index (χ0) is 16.6. The summed E-state index contributed by atoms with van der Waals surface area (Å²) < 4.78 is 11.2. The third kappa shape index (κ3) is 3.57. The summed E-state index contributed by atoms with van der Waals surface area (Å²) in [5, 5.41) is 3.34. The Balaban J connectivity index is 1.88. The number of rotatable bonds is 1. The fourth-order valence-corrected chi connectivity index (χ4v) is 3.42. The second-order valence-corrected chi connectivity index (χ2v) is 7.49. The number of hydrogen-bond donors (Lipinski definition) is 1. The van der Waals surface area contributed by atoms with Crippen molar-refractivity contribution in [2.75, 3.05) is 5.32 Å². The van der Waals surface area contributed by atoms with Gasteiger partial charge < -0.3 is 9.47 Å². The number of carbonyl (C=O) groups excluding carboxylic acids is 1. The van der Waals surface area contributed by atoms with Crippen LogP contribution in [0.5, 0.6) is 11.5 Å². The molecule has 1 heterocycles. The van der Waals surface area contributed by atoms with Crippen LogP contribution in [0, 0.1) is 0 Å². The molecule has 1 aliphatic heterocycles. The second kappa shape index (κ2) is 5.98. The maximum Gasteiger partial charge on any atom is 0.412 e. The fraction of sp³-hybridized carbons (Fsp3) is 0.235. The van der Waals surface area contributed by atoms with Crippen molar-refractivity contribution in [3.8, 4) is 11.5 Å². The number of fused-ring (bicyclic) bond motifs is 2. The molecular formula is C17H16ClNO3S. The smallest absolute Gasteiger partial charge is 0.412 e. The molecule has 0 aliphatic carbocycles. The highest BCUT2D eigenvalue weighted by Crippen LogP contribution is 2.52. The molecule has 1 amide bonds. The normalized spacial score (nSPS) is 12.7. The molecule has 0 radical (unpaired) electrons. The van der Waals surface area contributed by atoms with Crippen LogP contribution in [0.25, 0.3) is 0 Å². The molecule has 0 aromatic heterocycles. The van der Waals surface area contributed by atoms with Gasteiger partial charge in [0.25, 0.3) is 0 Å². The van der Waals surface area contributed by atoms with Gasteiger partial charge in [0.2, 0.25) is 0 Å². The molecule has 0 saturated carbocycles. The molecule has 0 fully saturated rings. The third-order valence-electron chi connectivity index (χ3n) is 2.97. The molecule has 120 valence electrons. The van der Waals surface area contributed by atoms with Gasteiger partial charge in [0.1, 0.15) is 11.4 Å². The quantitative estimate of drug-likeness (QED) is 0.590. The molecule has 0 atom stereocenters. The molecule has 1 aliphatic rings. The first-order chi connectivity index (χ1) is 10.8. The summed E-state index contributed by atoms with van der Waals surface area (Å²) in [6, 6.07) is 11.1. The minimum atomic E-state index is -0.553. The molecular weight excluding hydrogens is 334 g/mol. The molecule has 2 aromatic carbocycles. The SMILES string of the molecule is CC(C)(C)OC(=O)Nc1cccc2c1Sc1cccc(Cl)c1O2. The molecule has 0 saturated heterocycles. The first-order valence-corrected chi connectivity index (χ1v) is 8.30. The summed E-state index contributed by atoms with van der Waals surface area (Å²) in [4.78, 5) is 13.7. The van der Waals surface area contributed by atoms with Gasteiger partial charge in [-0.1, -0.05) is 35.5 Å². The van der Waals surface area contributed by atoms with E-state index in [1.54, 1.807) is 6.07 Å². The summed E-state index contributed by atoms with van der Waals surface area (Å²) in [5.74, 6) is 1.30. The van der Waals surface area contributed by atoms with E-state index in [-0.39, 0.29) is 0 Å². The Hall–Kier alpha value is -1.85. The third-order valence-corrected chi connectivity index (χ3v) is 4.43. The number of hydrogen-bond acceptors (Lipinski definition) is 4. The largest absolute Gasteiger partial charge is 0.453 e. The number of amides is 1. The van der Waals surface area contributed by atoms with E-state index in [0.717, 1.165) is 9.79 Å². The Bertz CT molecular complexity index is 771. The van der Waals surface area contributed by atoms with E-state index in [9.17, 15) is 4.79 Å².